The van der Waals surface area contributed by atoms with Crippen molar-refractivity contribution in [3.8, 4) is 0 Å². The minimum absolute atomic E-state index is 0.226. The van der Waals surface area contributed by atoms with Gasteiger partial charge in [0.2, 0.25) is 0 Å². The van der Waals surface area contributed by atoms with Crippen LogP contribution in [0.2, 0.25) is 0 Å². The fourth-order valence-corrected chi connectivity index (χ4v) is 2.39. The molecule has 0 aliphatic carbocycles. The average molecular weight is 288 g/mol. The van der Waals surface area contributed by atoms with Crippen LogP contribution in [0.5, 0.6) is 0 Å². The van der Waals surface area contributed by atoms with Gasteiger partial charge in [-0.05, 0) is 41.6 Å². The lowest BCUT2D eigenvalue weighted by atomic mass is 10.2. The molecule has 5 nitrogen and oxygen atoms in total. The summed E-state index contributed by atoms with van der Waals surface area (Å²) in [6.45, 7) is 1.87. The smallest absolute Gasteiger partial charge is 0.328 e. The Morgan fingerprint density at radius 2 is 2.20 bits per heavy atom. The molecule has 6 heteroatoms. The van der Waals surface area contributed by atoms with Crippen molar-refractivity contribution in [2.75, 3.05) is 5.32 Å². The molecular formula is C14H12N2O3S. The number of nitrogens with one attached hydrogen (secondary N) is 1. The lowest BCUT2D eigenvalue weighted by Crippen LogP contribution is -2.13. The van der Waals surface area contributed by atoms with E-state index in [1.54, 1.807) is 17.5 Å². The third-order valence-electron chi connectivity index (χ3n) is 2.54. The number of hydrogen-bond acceptors (Lipinski definition) is 4. The van der Waals surface area contributed by atoms with E-state index in [0.717, 1.165) is 11.6 Å². The maximum Gasteiger partial charge on any atom is 0.328 e. The van der Waals surface area contributed by atoms with Gasteiger partial charge in [-0.3, -0.25) is 4.79 Å². The zero-order chi connectivity index (χ0) is 14.5. The largest absolute Gasteiger partial charge is 0.478 e. The molecule has 2 heterocycles. The van der Waals surface area contributed by atoms with E-state index >= 15 is 0 Å². The molecule has 2 N–H and O–H groups in total. The molecule has 20 heavy (non-hydrogen) atoms. The summed E-state index contributed by atoms with van der Waals surface area (Å²) in [7, 11) is 0. The highest BCUT2D eigenvalue weighted by Gasteiger charge is 2.10. The fraction of sp³-hybridized carbons (Fsp3) is 0.0714. The molecule has 2 aromatic heterocycles. The van der Waals surface area contributed by atoms with E-state index in [1.807, 2.05) is 12.3 Å². The van der Waals surface area contributed by atoms with E-state index in [2.05, 4.69) is 10.3 Å². The second kappa shape index (κ2) is 6.12. The molecular weight excluding hydrogens is 276 g/mol. The molecule has 2 aromatic rings. The quantitative estimate of drug-likeness (QED) is 0.848. The number of nitrogens with zero attached hydrogens (tertiary/aromatic N) is 1. The summed E-state index contributed by atoms with van der Waals surface area (Å²) >= 11 is 1.46. The normalized spacial score (nSPS) is 10.7. The van der Waals surface area contributed by atoms with Gasteiger partial charge in [-0.25, -0.2) is 9.78 Å². The SMILES string of the molecule is Cc1cscc1C(=O)Nc1cc(/C=C/C(=O)O)ccn1. The third kappa shape index (κ3) is 3.52. The van der Waals surface area contributed by atoms with E-state index in [1.165, 1.54) is 23.6 Å². The molecule has 0 saturated heterocycles. The molecule has 0 aliphatic heterocycles. The number of carbonyl (C=O) groups is 2. The molecule has 0 fully saturated rings. The van der Waals surface area contributed by atoms with Crippen molar-refractivity contribution in [3.63, 3.8) is 0 Å². The van der Waals surface area contributed by atoms with Crippen LogP contribution in [-0.4, -0.2) is 22.0 Å². The van der Waals surface area contributed by atoms with Crippen molar-refractivity contribution in [2.45, 2.75) is 6.92 Å². The Hall–Kier alpha value is -2.47. The topological polar surface area (TPSA) is 79.3 Å². The molecule has 1 amide bonds. The average Bonchev–Trinajstić information content (AvgIpc) is 2.83. The van der Waals surface area contributed by atoms with Crippen LogP contribution < -0.4 is 5.32 Å². The number of carbonyl (C=O) groups excluding carboxylic acids is 1. The number of hydrogen-bond donors (Lipinski definition) is 2. The zero-order valence-corrected chi connectivity index (χ0v) is 11.5. The Morgan fingerprint density at radius 3 is 2.85 bits per heavy atom. The van der Waals surface area contributed by atoms with Gasteiger partial charge in [-0.1, -0.05) is 0 Å². The van der Waals surface area contributed by atoms with Crippen LogP contribution in [0, 0.1) is 6.92 Å². The lowest BCUT2D eigenvalue weighted by molar-refractivity contribution is -0.131. The predicted molar refractivity (Wildman–Crippen MR) is 77.9 cm³/mol. The number of aromatic nitrogens is 1. The molecule has 102 valence electrons. The highest BCUT2D eigenvalue weighted by molar-refractivity contribution is 7.08. The van der Waals surface area contributed by atoms with Gasteiger partial charge in [0.15, 0.2) is 0 Å². The molecule has 0 spiro atoms. The number of pyridine rings is 1. The van der Waals surface area contributed by atoms with Crippen molar-refractivity contribution in [1.29, 1.82) is 0 Å². The van der Waals surface area contributed by atoms with Crippen LogP contribution in [-0.2, 0) is 4.79 Å². The summed E-state index contributed by atoms with van der Waals surface area (Å²) in [5, 5.41) is 14.9. The second-order valence-corrected chi connectivity index (χ2v) is 4.81. The van der Waals surface area contributed by atoms with Crippen LogP contribution >= 0.6 is 11.3 Å². The van der Waals surface area contributed by atoms with Gasteiger partial charge in [0.05, 0.1) is 5.56 Å². The van der Waals surface area contributed by atoms with Gasteiger partial charge in [-0.15, -0.1) is 0 Å². The molecule has 0 unspecified atom stereocenters. The number of carboxylic acid groups (broad SMARTS) is 1. The number of anilines is 1. The highest BCUT2D eigenvalue weighted by atomic mass is 32.1. The van der Waals surface area contributed by atoms with E-state index in [9.17, 15) is 9.59 Å². The Bertz CT molecular complexity index is 677. The first-order valence-electron chi connectivity index (χ1n) is 5.77. The molecule has 2 rings (SSSR count). The van der Waals surface area contributed by atoms with E-state index in [0.29, 0.717) is 16.9 Å². The van der Waals surface area contributed by atoms with Crippen LogP contribution in [0.1, 0.15) is 21.5 Å². The van der Waals surface area contributed by atoms with Gasteiger partial charge in [0, 0.05) is 17.7 Å². The first kappa shape index (κ1) is 14.0. The van der Waals surface area contributed by atoms with Gasteiger partial charge >= 0.3 is 5.97 Å². The maximum absolute atomic E-state index is 12.0. The van der Waals surface area contributed by atoms with Crippen molar-refractivity contribution in [1.82, 2.24) is 4.98 Å². The number of amides is 1. The summed E-state index contributed by atoms with van der Waals surface area (Å²) < 4.78 is 0. The highest BCUT2D eigenvalue weighted by Crippen LogP contribution is 2.16. The Balaban J connectivity index is 2.14. The molecule has 0 bridgehead atoms. The summed E-state index contributed by atoms with van der Waals surface area (Å²) in [5.41, 5.74) is 2.18. The number of rotatable bonds is 4. The second-order valence-electron chi connectivity index (χ2n) is 4.07. The maximum atomic E-state index is 12.0. The Morgan fingerprint density at radius 1 is 1.40 bits per heavy atom. The van der Waals surface area contributed by atoms with Crippen LogP contribution in [0.4, 0.5) is 5.82 Å². The Labute approximate surface area is 119 Å². The monoisotopic (exact) mass is 288 g/mol. The number of aryl methyl sites for hydroxylation is 1. The third-order valence-corrected chi connectivity index (χ3v) is 3.41. The molecule has 0 radical (unpaired) electrons. The first-order valence-corrected chi connectivity index (χ1v) is 6.72. The fourth-order valence-electron chi connectivity index (χ4n) is 1.56. The van der Waals surface area contributed by atoms with Crippen LogP contribution in [0.25, 0.3) is 6.08 Å². The standard InChI is InChI=1S/C14H12N2O3S/c1-9-7-20-8-11(9)14(19)16-12-6-10(4-5-15-12)2-3-13(17)18/h2-8H,1H3,(H,17,18)(H,15,16,19)/b3-2+. The van der Waals surface area contributed by atoms with Gasteiger partial charge in [-0.2, -0.15) is 11.3 Å². The summed E-state index contributed by atoms with van der Waals surface area (Å²) in [6, 6.07) is 3.27. The van der Waals surface area contributed by atoms with E-state index < -0.39 is 5.97 Å². The van der Waals surface area contributed by atoms with Crippen molar-refractivity contribution >= 4 is 35.1 Å². The molecule has 0 saturated carbocycles. The van der Waals surface area contributed by atoms with Gasteiger partial charge < -0.3 is 10.4 Å². The van der Waals surface area contributed by atoms with Crippen molar-refractivity contribution < 1.29 is 14.7 Å². The minimum atomic E-state index is -1.03. The Kier molecular flexibility index (Phi) is 4.27. The van der Waals surface area contributed by atoms with E-state index in [-0.39, 0.29) is 5.91 Å². The number of aliphatic carboxylic acids is 1. The van der Waals surface area contributed by atoms with Gasteiger partial charge in [0.25, 0.3) is 5.91 Å². The molecule has 0 aromatic carbocycles. The first-order chi connectivity index (χ1) is 9.56. The molecule has 0 aliphatic rings. The molecule has 0 atom stereocenters. The predicted octanol–water partition coefficient (Wildman–Crippen LogP) is 2.80. The summed E-state index contributed by atoms with van der Waals surface area (Å²) in [6.07, 6.45) is 3.98. The van der Waals surface area contributed by atoms with Crippen molar-refractivity contribution in [3.05, 3.63) is 51.9 Å². The summed E-state index contributed by atoms with van der Waals surface area (Å²) in [4.78, 5) is 26.5. The minimum Gasteiger partial charge on any atom is -0.478 e. The van der Waals surface area contributed by atoms with E-state index in [4.69, 9.17) is 5.11 Å². The lowest BCUT2D eigenvalue weighted by Gasteiger charge is -2.04. The zero-order valence-electron chi connectivity index (χ0n) is 10.7. The summed E-state index contributed by atoms with van der Waals surface area (Å²) in [5.74, 6) is -0.870. The van der Waals surface area contributed by atoms with Crippen LogP contribution in [0.15, 0.2) is 35.2 Å². The van der Waals surface area contributed by atoms with Crippen molar-refractivity contribution in [2.24, 2.45) is 0 Å². The number of thiophene rings is 1. The van der Waals surface area contributed by atoms with Gasteiger partial charge in [0.1, 0.15) is 5.82 Å². The number of carboxylic acids is 1. The van der Waals surface area contributed by atoms with Crippen LogP contribution in [0.3, 0.4) is 0 Å².